The molecular formula is C19H24ClN2O3S+. The molecule has 1 heterocycles. The van der Waals surface area contributed by atoms with Gasteiger partial charge in [-0.25, -0.2) is 8.42 Å². The molecule has 1 saturated heterocycles. The van der Waals surface area contributed by atoms with Gasteiger partial charge in [-0.05, 0) is 43.3 Å². The quantitative estimate of drug-likeness (QED) is 0.811. The van der Waals surface area contributed by atoms with Crippen LogP contribution in [-0.2, 0) is 16.6 Å². The first-order chi connectivity index (χ1) is 12.5. The highest BCUT2D eigenvalue weighted by molar-refractivity contribution is 7.89. The molecule has 1 fully saturated rings. The smallest absolute Gasteiger partial charge is 0.243 e. The Bertz CT molecular complexity index is 832. The molecule has 0 unspecified atom stereocenters. The van der Waals surface area contributed by atoms with Crippen molar-refractivity contribution in [3.05, 3.63) is 59.1 Å². The Labute approximate surface area is 160 Å². The zero-order valence-electron chi connectivity index (χ0n) is 14.8. The number of nitrogens with zero attached hydrogens (tertiary/aromatic N) is 1. The Balaban J connectivity index is 1.63. The third kappa shape index (κ3) is 4.38. The average molecular weight is 396 g/mol. The lowest BCUT2D eigenvalue weighted by Gasteiger charge is -2.31. The summed E-state index contributed by atoms with van der Waals surface area (Å²) >= 11 is 5.86. The molecule has 5 nitrogen and oxygen atoms in total. The van der Waals surface area contributed by atoms with Crippen molar-refractivity contribution in [1.29, 1.82) is 0 Å². The van der Waals surface area contributed by atoms with E-state index in [-0.39, 0.29) is 0 Å². The Kier molecular flexibility index (Phi) is 6.19. The predicted molar refractivity (Wildman–Crippen MR) is 102 cm³/mol. The summed E-state index contributed by atoms with van der Waals surface area (Å²) in [5, 5.41) is 0.533. The van der Waals surface area contributed by atoms with Crippen LogP contribution < -0.4 is 9.64 Å². The van der Waals surface area contributed by atoms with Crippen molar-refractivity contribution in [1.82, 2.24) is 4.31 Å². The minimum atomic E-state index is -3.46. The van der Waals surface area contributed by atoms with Crippen molar-refractivity contribution >= 4 is 21.6 Å². The van der Waals surface area contributed by atoms with Crippen molar-refractivity contribution in [3.63, 3.8) is 0 Å². The molecule has 1 N–H and O–H groups in total. The van der Waals surface area contributed by atoms with E-state index in [0.717, 1.165) is 25.4 Å². The predicted octanol–water partition coefficient (Wildman–Crippen LogP) is 1.83. The van der Waals surface area contributed by atoms with E-state index in [9.17, 15) is 8.42 Å². The van der Waals surface area contributed by atoms with Gasteiger partial charge in [0.2, 0.25) is 10.0 Å². The number of quaternary nitrogens is 1. The second-order valence-corrected chi connectivity index (χ2v) is 8.70. The monoisotopic (exact) mass is 395 g/mol. The van der Waals surface area contributed by atoms with E-state index in [1.54, 1.807) is 28.6 Å². The molecule has 26 heavy (non-hydrogen) atoms. The fraction of sp³-hybridized carbons (Fsp3) is 0.368. The zero-order chi connectivity index (χ0) is 18.6. The second kappa shape index (κ2) is 8.39. The van der Waals surface area contributed by atoms with Crippen molar-refractivity contribution < 1.29 is 18.1 Å². The van der Waals surface area contributed by atoms with Crippen LogP contribution in [0.4, 0.5) is 0 Å². The van der Waals surface area contributed by atoms with Crippen LogP contribution in [-0.4, -0.2) is 45.5 Å². The summed E-state index contributed by atoms with van der Waals surface area (Å²) in [5.74, 6) is 0.915. The molecule has 3 rings (SSSR count). The highest BCUT2D eigenvalue weighted by atomic mass is 35.5. The molecule has 0 atom stereocenters. The highest BCUT2D eigenvalue weighted by Crippen LogP contribution is 2.19. The maximum Gasteiger partial charge on any atom is 0.243 e. The Hall–Kier alpha value is -1.60. The topological polar surface area (TPSA) is 51.1 Å². The minimum absolute atomic E-state index is 0.298. The van der Waals surface area contributed by atoms with Crippen molar-refractivity contribution in [2.45, 2.75) is 18.4 Å². The summed E-state index contributed by atoms with van der Waals surface area (Å²) in [7, 11) is -3.46. The van der Waals surface area contributed by atoms with Gasteiger partial charge in [-0.15, -0.1) is 0 Å². The van der Waals surface area contributed by atoms with Crippen molar-refractivity contribution in [3.8, 4) is 5.75 Å². The standard InChI is InChI=1S/C19H23ClN2O3S/c1-2-25-19-6-4-3-5-16(19)15-21-11-13-22(14-12-21)26(23,24)18-9-7-17(20)8-10-18/h3-10H,2,11-15H2,1H3/p+1. The molecule has 0 spiro atoms. The van der Waals surface area contributed by atoms with Gasteiger partial charge in [0, 0.05) is 10.6 Å². The minimum Gasteiger partial charge on any atom is -0.493 e. The molecule has 0 aliphatic carbocycles. The number of sulfonamides is 1. The first kappa shape index (κ1) is 19.2. The first-order valence-corrected chi connectivity index (χ1v) is 10.6. The van der Waals surface area contributed by atoms with Crippen LogP contribution in [0.2, 0.25) is 5.02 Å². The van der Waals surface area contributed by atoms with E-state index in [4.69, 9.17) is 16.3 Å². The van der Waals surface area contributed by atoms with Crippen LogP contribution in [0.3, 0.4) is 0 Å². The van der Waals surface area contributed by atoms with E-state index in [2.05, 4.69) is 6.07 Å². The van der Waals surface area contributed by atoms with Crippen LogP contribution in [0.25, 0.3) is 0 Å². The Morgan fingerprint density at radius 3 is 2.38 bits per heavy atom. The summed E-state index contributed by atoms with van der Waals surface area (Å²) < 4.78 is 32.8. The van der Waals surface area contributed by atoms with E-state index < -0.39 is 10.0 Å². The number of para-hydroxylation sites is 1. The van der Waals surface area contributed by atoms with Crippen molar-refractivity contribution in [2.24, 2.45) is 0 Å². The van der Waals surface area contributed by atoms with Crippen LogP contribution >= 0.6 is 11.6 Å². The zero-order valence-corrected chi connectivity index (χ0v) is 16.4. The van der Waals surface area contributed by atoms with Gasteiger partial charge >= 0.3 is 0 Å². The summed E-state index contributed by atoms with van der Waals surface area (Å²) in [6.45, 7) is 6.02. The van der Waals surface area contributed by atoms with Crippen LogP contribution in [0.5, 0.6) is 5.75 Å². The first-order valence-electron chi connectivity index (χ1n) is 8.80. The molecular weight excluding hydrogens is 372 g/mol. The molecule has 0 amide bonds. The lowest BCUT2D eigenvalue weighted by molar-refractivity contribution is -0.917. The van der Waals surface area contributed by atoms with E-state index in [0.29, 0.717) is 29.6 Å². The third-order valence-electron chi connectivity index (χ3n) is 4.59. The molecule has 1 aliphatic rings. The SMILES string of the molecule is CCOc1ccccc1C[NH+]1CCN(S(=O)(=O)c2ccc(Cl)cc2)CC1. The van der Waals surface area contributed by atoms with Gasteiger partial charge in [0.15, 0.2) is 0 Å². The Morgan fingerprint density at radius 2 is 1.73 bits per heavy atom. The summed E-state index contributed by atoms with van der Waals surface area (Å²) in [6.07, 6.45) is 0. The molecule has 140 valence electrons. The molecule has 7 heteroatoms. The Morgan fingerprint density at radius 1 is 1.08 bits per heavy atom. The second-order valence-electron chi connectivity index (χ2n) is 6.33. The number of ether oxygens (including phenoxy) is 1. The highest BCUT2D eigenvalue weighted by Gasteiger charge is 2.30. The molecule has 0 bridgehead atoms. The fourth-order valence-electron chi connectivity index (χ4n) is 3.19. The largest absolute Gasteiger partial charge is 0.493 e. The van der Waals surface area contributed by atoms with Crippen LogP contribution in [0.15, 0.2) is 53.4 Å². The third-order valence-corrected chi connectivity index (χ3v) is 6.76. The number of hydrogen-bond donors (Lipinski definition) is 1. The van der Waals surface area contributed by atoms with Crippen molar-refractivity contribution in [2.75, 3.05) is 32.8 Å². The van der Waals surface area contributed by atoms with Crippen LogP contribution in [0.1, 0.15) is 12.5 Å². The summed E-state index contributed by atoms with van der Waals surface area (Å²) in [4.78, 5) is 1.66. The summed E-state index contributed by atoms with van der Waals surface area (Å²) in [5.41, 5.74) is 1.17. The number of nitrogens with one attached hydrogen (secondary N) is 1. The van der Waals surface area contributed by atoms with Gasteiger partial charge in [0.05, 0.1) is 37.7 Å². The average Bonchev–Trinajstić information content (AvgIpc) is 2.64. The summed E-state index contributed by atoms with van der Waals surface area (Å²) in [6, 6.07) is 14.4. The number of piperazine rings is 1. The number of benzene rings is 2. The van der Waals surface area contributed by atoms with E-state index in [1.807, 2.05) is 25.1 Å². The van der Waals surface area contributed by atoms with E-state index in [1.165, 1.54) is 10.5 Å². The molecule has 0 saturated carbocycles. The number of hydrogen-bond acceptors (Lipinski definition) is 3. The molecule has 1 aliphatic heterocycles. The maximum atomic E-state index is 12.8. The lowest BCUT2D eigenvalue weighted by atomic mass is 10.2. The molecule has 0 aromatic heterocycles. The van der Waals surface area contributed by atoms with Gasteiger partial charge in [0.1, 0.15) is 12.3 Å². The van der Waals surface area contributed by atoms with Gasteiger partial charge in [-0.2, -0.15) is 4.31 Å². The maximum absolute atomic E-state index is 12.8. The van der Waals surface area contributed by atoms with Gasteiger partial charge in [-0.1, -0.05) is 23.7 Å². The van der Waals surface area contributed by atoms with E-state index >= 15 is 0 Å². The number of halogens is 1. The van der Waals surface area contributed by atoms with Gasteiger partial charge in [0.25, 0.3) is 0 Å². The molecule has 2 aromatic rings. The number of rotatable bonds is 6. The fourth-order valence-corrected chi connectivity index (χ4v) is 4.76. The molecule has 0 radical (unpaired) electrons. The molecule has 2 aromatic carbocycles. The lowest BCUT2D eigenvalue weighted by Crippen LogP contribution is -3.13. The normalized spacial score (nSPS) is 16.5. The van der Waals surface area contributed by atoms with Crippen LogP contribution in [0, 0.1) is 0 Å². The van der Waals surface area contributed by atoms with Gasteiger partial charge < -0.3 is 9.64 Å². The van der Waals surface area contributed by atoms with Gasteiger partial charge in [-0.3, -0.25) is 0 Å².